The minimum Gasteiger partial charge on any atom is -0.348 e. The lowest BCUT2D eigenvalue weighted by molar-refractivity contribution is 0.0716. The van der Waals surface area contributed by atoms with Crippen molar-refractivity contribution in [1.82, 2.24) is 14.8 Å². The molecule has 22 heavy (non-hydrogen) atoms. The van der Waals surface area contributed by atoms with Gasteiger partial charge >= 0.3 is 0 Å². The molecule has 1 saturated heterocycles. The molecule has 1 N–H and O–H groups in total. The van der Waals surface area contributed by atoms with E-state index >= 15 is 0 Å². The van der Waals surface area contributed by atoms with Crippen LogP contribution in [0.4, 0.5) is 8.78 Å². The second kappa shape index (κ2) is 5.35. The summed E-state index contributed by atoms with van der Waals surface area (Å²) in [5.74, 6) is -1.51. The molecule has 2 heterocycles. The molecule has 1 aliphatic heterocycles. The zero-order valence-corrected chi connectivity index (χ0v) is 12.9. The molecule has 0 saturated carbocycles. The highest BCUT2D eigenvalue weighted by Gasteiger charge is 2.35. The van der Waals surface area contributed by atoms with Gasteiger partial charge in [0.05, 0.1) is 5.52 Å². The van der Waals surface area contributed by atoms with Crippen molar-refractivity contribution < 1.29 is 13.6 Å². The maximum Gasteiger partial charge on any atom is 0.270 e. The lowest BCUT2D eigenvalue weighted by Gasteiger charge is -2.28. The van der Waals surface area contributed by atoms with Gasteiger partial charge in [0.2, 0.25) is 0 Å². The maximum atomic E-state index is 13.7. The molecule has 1 aromatic heterocycles. The third-order valence-corrected chi connectivity index (χ3v) is 4.51. The second-order valence-electron chi connectivity index (χ2n) is 6.09. The molecule has 1 aromatic carbocycles. The zero-order chi connectivity index (χ0) is 16.0. The average molecular weight is 307 g/mol. The van der Waals surface area contributed by atoms with Gasteiger partial charge in [-0.05, 0) is 39.6 Å². The fourth-order valence-electron chi connectivity index (χ4n) is 3.34. The molecule has 1 fully saturated rings. The van der Waals surface area contributed by atoms with Crippen molar-refractivity contribution in [3.63, 3.8) is 0 Å². The average Bonchev–Trinajstić information content (AvgIpc) is 3.01. The number of carbonyl (C=O) groups is 1. The summed E-state index contributed by atoms with van der Waals surface area (Å²) in [5.41, 5.74) is 0.464. The van der Waals surface area contributed by atoms with E-state index in [1.54, 1.807) is 4.90 Å². The number of halogens is 2. The van der Waals surface area contributed by atoms with E-state index < -0.39 is 11.6 Å². The number of likely N-dealkylation sites (tertiary alicyclic amines) is 1. The Kier molecular flexibility index (Phi) is 3.64. The van der Waals surface area contributed by atoms with Gasteiger partial charge in [0.15, 0.2) is 0 Å². The summed E-state index contributed by atoms with van der Waals surface area (Å²) in [6, 6.07) is 3.94. The van der Waals surface area contributed by atoms with Gasteiger partial charge in [-0.15, -0.1) is 0 Å². The molecule has 2 aromatic rings. The zero-order valence-electron chi connectivity index (χ0n) is 12.9. The highest BCUT2D eigenvalue weighted by atomic mass is 19.1. The van der Waals surface area contributed by atoms with Gasteiger partial charge in [0.1, 0.15) is 17.3 Å². The predicted molar refractivity (Wildman–Crippen MR) is 80.8 cm³/mol. The van der Waals surface area contributed by atoms with Crippen molar-refractivity contribution in [2.24, 2.45) is 0 Å². The first-order valence-corrected chi connectivity index (χ1v) is 7.33. The second-order valence-corrected chi connectivity index (χ2v) is 6.09. The molecule has 3 rings (SSSR count). The minimum atomic E-state index is -0.685. The number of H-pyrrole nitrogens is 1. The molecule has 0 radical (unpaired) electrons. The first kappa shape index (κ1) is 15.0. The number of nitrogens with one attached hydrogen (secondary N) is 1. The number of nitrogens with zero attached hydrogens (tertiary/aromatic N) is 2. The highest BCUT2D eigenvalue weighted by molar-refractivity contribution is 5.98. The Bertz CT molecular complexity index is 725. The first-order valence-electron chi connectivity index (χ1n) is 7.33. The molecule has 2 atom stereocenters. The van der Waals surface area contributed by atoms with Crippen molar-refractivity contribution in [2.45, 2.75) is 25.4 Å². The number of benzene rings is 1. The summed E-state index contributed by atoms with van der Waals surface area (Å²) < 4.78 is 27.0. The van der Waals surface area contributed by atoms with Crippen molar-refractivity contribution in [1.29, 1.82) is 0 Å². The molecule has 0 bridgehead atoms. The largest absolute Gasteiger partial charge is 0.348 e. The minimum absolute atomic E-state index is 0.0792. The predicted octanol–water partition coefficient (Wildman–Crippen LogP) is 2.61. The summed E-state index contributed by atoms with van der Waals surface area (Å²) in [6.45, 7) is 2.67. The third-order valence-electron chi connectivity index (χ3n) is 4.51. The number of rotatable bonds is 2. The molecule has 0 aliphatic carbocycles. The van der Waals surface area contributed by atoms with Crippen LogP contribution in [-0.4, -0.2) is 53.4 Å². The molecule has 0 spiro atoms. The van der Waals surface area contributed by atoms with E-state index in [0.29, 0.717) is 23.7 Å². The van der Waals surface area contributed by atoms with Gasteiger partial charge in [-0.1, -0.05) is 0 Å². The van der Waals surface area contributed by atoms with Crippen LogP contribution in [0.3, 0.4) is 0 Å². The standard InChI is InChI=1S/C16H19F2N3O/c1-9-14(20(2)3)4-5-21(9)16(22)13-7-10-6-11(17)8-12(18)15(10)19-13/h6-9,14,19H,4-5H2,1-3H3. The lowest BCUT2D eigenvalue weighted by Crippen LogP contribution is -2.42. The molecule has 1 amide bonds. The lowest BCUT2D eigenvalue weighted by atomic mass is 10.1. The van der Waals surface area contributed by atoms with Crippen LogP contribution < -0.4 is 0 Å². The summed E-state index contributed by atoms with van der Waals surface area (Å²) in [5, 5.41) is 0.372. The Morgan fingerprint density at radius 3 is 2.68 bits per heavy atom. The van der Waals surface area contributed by atoms with E-state index in [1.807, 2.05) is 21.0 Å². The van der Waals surface area contributed by atoms with Crippen molar-refractivity contribution >= 4 is 16.8 Å². The van der Waals surface area contributed by atoms with Crippen LogP contribution in [0.5, 0.6) is 0 Å². The summed E-state index contributed by atoms with van der Waals surface area (Å²) in [6.07, 6.45) is 0.906. The van der Waals surface area contributed by atoms with Crippen molar-refractivity contribution in [3.05, 3.63) is 35.5 Å². The highest BCUT2D eigenvalue weighted by Crippen LogP contribution is 2.25. The smallest absolute Gasteiger partial charge is 0.270 e. The van der Waals surface area contributed by atoms with E-state index in [1.165, 1.54) is 12.1 Å². The number of fused-ring (bicyclic) bond motifs is 1. The first-order chi connectivity index (χ1) is 10.4. The van der Waals surface area contributed by atoms with E-state index in [4.69, 9.17) is 0 Å². The van der Waals surface area contributed by atoms with Crippen LogP contribution in [0, 0.1) is 11.6 Å². The van der Waals surface area contributed by atoms with Gasteiger partial charge in [-0.2, -0.15) is 0 Å². The van der Waals surface area contributed by atoms with Crippen LogP contribution >= 0.6 is 0 Å². The number of carbonyl (C=O) groups excluding carboxylic acids is 1. The fraction of sp³-hybridized carbons (Fsp3) is 0.438. The van der Waals surface area contributed by atoms with Crippen LogP contribution in [0.15, 0.2) is 18.2 Å². The number of hydrogen-bond acceptors (Lipinski definition) is 2. The molecular formula is C16H19F2N3O. The number of aromatic nitrogens is 1. The molecule has 118 valence electrons. The van der Waals surface area contributed by atoms with Gasteiger partial charge < -0.3 is 14.8 Å². The van der Waals surface area contributed by atoms with E-state index in [9.17, 15) is 13.6 Å². The Hall–Kier alpha value is -1.95. The number of amides is 1. The van der Waals surface area contributed by atoms with Crippen LogP contribution in [-0.2, 0) is 0 Å². The summed E-state index contributed by atoms with van der Waals surface area (Å²) >= 11 is 0. The molecular weight excluding hydrogens is 288 g/mol. The van der Waals surface area contributed by atoms with E-state index in [2.05, 4.69) is 9.88 Å². The van der Waals surface area contributed by atoms with Gasteiger partial charge in [-0.25, -0.2) is 8.78 Å². The Balaban J connectivity index is 1.91. The normalized spacial score (nSPS) is 22.0. The molecule has 4 nitrogen and oxygen atoms in total. The third kappa shape index (κ3) is 2.37. The molecule has 2 unspecified atom stereocenters. The van der Waals surface area contributed by atoms with Gasteiger partial charge in [0.25, 0.3) is 5.91 Å². The Morgan fingerprint density at radius 1 is 1.32 bits per heavy atom. The topological polar surface area (TPSA) is 39.3 Å². The summed E-state index contributed by atoms with van der Waals surface area (Å²) in [4.78, 5) is 19.3. The van der Waals surface area contributed by atoms with Gasteiger partial charge in [-0.3, -0.25) is 4.79 Å². The SMILES string of the molecule is CC1C(N(C)C)CCN1C(=O)c1cc2cc(F)cc(F)c2[nH]1. The number of aromatic amines is 1. The maximum absolute atomic E-state index is 13.7. The molecule has 6 heteroatoms. The van der Waals surface area contributed by atoms with E-state index in [0.717, 1.165) is 12.5 Å². The van der Waals surface area contributed by atoms with Gasteiger partial charge in [0, 0.05) is 30.1 Å². The van der Waals surface area contributed by atoms with Crippen LogP contribution in [0.1, 0.15) is 23.8 Å². The van der Waals surface area contributed by atoms with Crippen LogP contribution in [0.2, 0.25) is 0 Å². The van der Waals surface area contributed by atoms with Crippen molar-refractivity contribution in [3.8, 4) is 0 Å². The number of hydrogen-bond donors (Lipinski definition) is 1. The monoisotopic (exact) mass is 307 g/mol. The van der Waals surface area contributed by atoms with E-state index in [-0.39, 0.29) is 17.5 Å². The number of likely N-dealkylation sites (N-methyl/N-ethyl adjacent to an activating group) is 1. The fourth-order valence-corrected chi connectivity index (χ4v) is 3.34. The quantitative estimate of drug-likeness (QED) is 0.926. The Labute approximate surface area is 127 Å². The van der Waals surface area contributed by atoms with Crippen molar-refractivity contribution in [2.75, 3.05) is 20.6 Å². The molecule has 1 aliphatic rings. The summed E-state index contributed by atoms with van der Waals surface area (Å²) in [7, 11) is 3.99. The van der Waals surface area contributed by atoms with Crippen LogP contribution in [0.25, 0.3) is 10.9 Å². The Morgan fingerprint density at radius 2 is 2.05 bits per heavy atom.